The molecule has 0 saturated carbocycles. The maximum Gasteiger partial charge on any atom is 0.323 e. The summed E-state index contributed by atoms with van der Waals surface area (Å²) in [6, 6.07) is 16.8. The molecule has 1 heterocycles. The average molecular weight is 313 g/mol. The number of rotatable bonds is 5. The second kappa shape index (κ2) is 7.15. The first-order valence-corrected chi connectivity index (χ1v) is 7.55. The molecule has 1 saturated heterocycles. The van der Waals surface area contributed by atoms with E-state index >= 15 is 0 Å². The van der Waals surface area contributed by atoms with Crippen LogP contribution in [0.5, 0.6) is 17.2 Å². The van der Waals surface area contributed by atoms with Crippen LogP contribution in [0.2, 0.25) is 0 Å². The van der Waals surface area contributed by atoms with Crippen LogP contribution in [0.25, 0.3) is 0 Å². The number of hydrogen-bond acceptors (Lipinski definition) is 5. The highest BCUT2D eigenvalue weighted by atomic mass is 16.5. The highest BCUT2D eigenvalue weighted by molar-refractivity contribution is 5.76. The number of para-hydroxylation sites is 1. The van der Waals surface area contributed by atoms with Crippen LogP contribution in [-0.4, -0.2) is 31.8 Å². The maximum absolute atomic E-state index is 11.5. The third-order valence-electron chi connectivity index (χ3n) is 3.68. The number of nitrogens with one attached hydrogen (secondary N) is 1. The second-order valence-corrected chi connectivity index (χ2v) is 5.35. The van der Waals surface area contributed by atoms with E-state index in [2.05, 4.69) is 5.32 Å². The van der Waals surface area contributed by atoms with E-state index in [-0.39, 0.29) is 18.1 Å². The van der Waals surface area contributed by atoms with Crippen molar-refractivity contribution >= 4 is 5.97 Å². The molecule has 3 rings (SSSR count). The lowest BCUT2D eigenvalue weighted by atomic mass is 10.2. The number of esters is 1. The van der Waals surface area contributed by atoms with Gasteiger partial charge in [-0.15, -0.1) is 0 Å². The van der Waals surface area contributed by atoms with Gasteiger partial charge in [-0.3, -0.25) is 4.79 Å². The molecule has 1 N–H and O–H groups in total. The van der Waals surface area contributed by atoms with Gasteiger partial charge in [0.15, 0.2) is 0 Å². The highest BCUT2D eigenvalue weighted by Gasteiger charge is 2.31. The number of benzene rings is 2. The molecule has 2 aromatic rings. The predicted octanol–water partition coefficient (Wildman–Crippen LogP) is 2.76. The van der Waals surface area contributed by atoms with Gasteiger partial charge in [-0.25, -0.2) is 0 Å². The Kier molecular flexibility index (Phi) is 4.78. The molecule has 23 heavy (non-hydrogen) atoms. The quantitative estimate of drug-likeness (QED) is 0.860. The average Bonchev–Trinajstić information content (AvgIpc) is 3.05. The van der Waals surface area contributed by atoms with Gasteiger partial charge >= 0.3 is 5.97 Å². The predicted molar refractivity (Wildman–Crippen MR) is 85.8 cm³/mol. The molecule has 2 atom stereocenters. The number of methoxy groups -OCH3 is 1. The Balaban J connectivity index is 1.55. The fourth-order valence-electron chi connectivity index (χ4n) is 2.52. The van der Waals surface area contributed by atoms with Crippen molar-refractivity contribution in [2.45, 2.75) is 18.6 Å². The first kappa shape index (κ1) is 15.4. The molecule has 0 radical (unpaired) electrons. The Bertz CT molecular complexity index is 642. The molecule has 0 spiro atoms. The molecule has 5 nitrogen and oxygen atoms in total. The largest absolute Gasteiger partial charge is 0.489 e. The lowest BCUT2D eigenvalue weighted by molar-refractivity contribution is -0.142. The Morgan fingerprint density at radius 1 is 1.00 bits per heavy atom. The molecule has 0 bridgehead atoms. The minimum Gasteiger partial charge on any atom is -0.489 e. The SMILES string of the molecule is COC(=O)[C@H]1C[C@@H](Oc2ccc(Oc3ccccc3)cc2)CN1. The summed E-state index contributed by atoms with van der Waals surface area (Å²) in [6.45, 7) is 0.627. The smallest absolute Gasteiger partial charge is 0.323 e. The molecular formula is C18H19NO4. The molecule has 0 aromatic heterocycles. The van der Waals surface area contributed by atoms with Gasteiger partial charge in [0, 0.05) is 13.0 Å². The summed E-state index contributed by atoms with van der Waals surface area (Å²) in [7, 11) is 1.39. The highest BCUT2D eigenvalue weighted by Crippen LogP contribution is 2.25. The molecule has 0 amide bonds. The first-order chi connectivity index (χ1) is 11.2. The fourth-order valence-corrected chi connectivity index (χ4v) is 2.52. The van der Waals surface area contributed by atoms with Crippen LogP contribution in [0.15, 0.2) is 54.6 Å². The molecule has 120 valence electrons. The van der Waals surface area contributed by atoms with Crippen LogP contribution in [-0.2, 0) is 9.53 Å². The minimum atomic E-state index is -0.286. The van der Waals surface area contributed by atoms with Crippen molar-refractivity contribution in [1.29, 1.82) is 0 Å². The van der Waals surface area contributed by atoms with Crippen molar-refractivity contribution in [1.82, 2.24) is 5.32 Å². The van der Waals surface area contributed by atoms with Crippen LogP contribution in [0.1, 0.15) is 6.42 Å². The van der Waals surface area contributed by atoms with E-state index in [0.29, 0.717) is 13.0 Å². The zero-order valence-corrected chi connectivity index (χ0v) is 12.9. The summed E-state index contributed by atoms with van der Waals surface area (Å²) in [5, 5.41) is 3.10. The third-order valence-corrected chi connectivity index (χ3v) is 3.68. The van der Waals surface area contributed by atoms with Gasteiger partial charge in [0.1, 0.15) is 29.4 Å². The van der Waals surface area contributed by atoms with E-state index in [4.69, 9.17) is 14.2 Å². The number of carbonyl (C=O) groups excluding carboxylic acids is 1. The van der Waals surface area contributed by atoms with Gasteiger partial charge in [-0.05, 0) is 36.4 Å². The lowest BCUT2D eigenvalue weighted by Gasteiger charge is -2.13. The van der Waals surface area contributed by atoms with E-state index in [0.717, 1.165) is 17.2 Å². The molecular weight excluding hydrogens is 294 g/mol. The van der Waals surface area contributed by atoms with Crippen molar-refractivity contribution in [3.8, 4) is 17.2 Å². The van der Waals surface area contributed by atoms with E-state index in [1.807, 2.05) is 54.6 Å². The summed E-state index contributed by atoms with van der Waals surface area (Å²) < 4.78 is 16.3. The van der Waals surface area contributed by atoms with Crippen molar-refractivity contribution < 1.29 is 19.0 Å². The Morgan fingerprint density at radius 2 is 1.65 bits per heavy atom. The van der Waals surface area contributed by atoms with E-state index in [1.54, 1.807) is 0 Å². The normalized spacial score (nSPS) is 20.0. The molecule has 0 aliphatic carbocycles. The summed E-state index contributed by atoms with van der Waals surface area (Å²) in [5.74, 6) is 2.05. The summed E-state index contributed by atoms with van der Waals surface area (Å²) in [4.78, 5) is 11.5. The van der Waals surface area contributed by atoms with Crippen molar-refractivity contribution in [3.05, 3.63) is 54.6 Å². The summed E-state index contributed by atoms with van der Waals surface area (Å²) in [6.07, 6.45) is 0.564. The Labute approximate surface area is 135 Å². The number of carbonyl (C=O) groups is 1. The molecule has 1 aliphatic heterocycles. The summed E-state index contributed by atoms with van der Waals surface area (Å²) >= 11 is 0. The molecule has 0 unspecified atom stereocenters. The van der Waals surface area contributed by atoms with Gasteiger partial charge < -0.3 is 19.5 Å². The minimum absolute atomic E-state index is 0.0417. The van der Waals surface area contributed by atoms with Crippen molar-refractivity contribution in [2.75, 3.05) is 13.7 Å². The van der Waals surface area contributed by atoms with Crippen LogP contribution in [0.3, 0.4) is 0 Å². The van der Waals surface area contributed by atoms with Crippen molar-refractivity contribution in [2.24, 2.45) is 0 Å². The number of ether oxygens (including phenoxy) is 3. The molecule has 2 aromatic carbocycles. The molecule has 5 heteroatoms. The molecule has 1 fully saturated rings. The van der Waals surface area contributed by atoms with Crippen molar-refractivity contribution in [3.63, 3.8) is 0 Å². The first-order valence-electron chi connectivity index (χ1n) is 7.55. The van der Waals surface area contributed by atoms with Crippen LogP contribution in [0.4, 0.5) is 0 Å². The second-order valence-electron chi connectivity index (χ2n) is 5.35. The van der Waals surface area contributed by atoms with Gasteiger partial charge in [-0.1, -0.05) is 18.2 Å². The lowest BCUT2D eigenvalue weighted by Crippen LogP contribution is -2.31. The van der Waals surface area contributed by atoms with Gasteiger partial charge in [0.25, 0.3) is 0 Å². The van der Waals surface area contributed by atoms with Crippen LogP contribution < -0.4 is 14.8 Å². The third kappa shape index (κ3) is 4.02. The van der Waals surface area contributed by atoms with E-state index in [1.165, 1.54) is 7.11 Å². The summed E-state index contributed by atoms with van der Waals surface area (Å²) in [5.41, 5.74) is 0. The fraction of sp³-hybridized carbons (Fsp3) is 0.278. The van der Waals surface area contributed by atoms with Gasteiger partial charge in [0.2, 0.25) is 0 Å². The van der Waals surface area contributed by atoms with Crippen LogP contribution >= 0.6 is 0 Å². The number of hydrogen-bond donors (Lipinski definition) is 1. The van der Waals surface area contributed by atoms with Crippen LogP contribution in [0, 0.1) is 0 Å². The van der Waals surface area contributed by atoms with E-state index < -0.39 is 0 Å². The van der Waals surface area contributed by atoms with E-state index in [9.17, 15) is 4.79 Å². The topological polar surface area (TPSA) is 56.8 Å². The zero-order chi connectivity index (χ0) is 16.1. The molecule has 1 aliphatic rings. The standard InChI is InChI=1S/C18H19NO4/c1-21-18(20)17-11-16(12-19-17)23-15-9-7-14(8-10-15)22-13-5-3-2-4-6-13/h2-10,16-17,19H,11-12H2,1H3/t16-,17-/m1/s1. The maximum atomic E-state index is 11.5. The Morgan fingerprint density at radius 3 is 2.35 bits per heavy atom. The van der Waals surface area contributed by atoms with Gasteiger partial charge in [-0.2, -0.15) is 0 Å². The zero-order valence-electron chi connectivity index (χ0n) is 12.9. The monoisotopic (exact) mass is 313 g/mol. The van der Waals surface area contributed by atoms with Gasteiger partial charge in [0.05, 0.1) is 7.11 Å². The Hall–Kier alpha value is -2.53.